The molecule has 0 saturated heterocycles. The molecule has 0 bridgehead atoms. The van der Waals surface area contributed by atoms with Crippen molar-refractivity contribution in [2.45, 2.75) is 6.04 Å². The van der Waals surface area contributed by atoms with E-state index in [2.05, 4.69) is 5.32 Å². The van der Waals surface area contributed by atoms with Gasteiger partial charge in [0, 0.05) is 17.7 Å². The molecule has 0 aromatic heterocycles. The normalized spacial score (nSPS) is 12.0. The summed E-state index contributed by atoms with van der Waals surface area (Å²) in [7, 11) is 3.73. The highest BCUT2D eigenvalue weighted by atomic mass is 19.1. The van der Waals surface area contributed by atoms with Crippen LogP contribution in [0.3, 0.4) is 0 Å². The molecule has 24 heavy (non-hydrogen) atoms. The van der Waals surface area contributed by atoms with Gasteiger partial charge >= 0.3 is 0 Å². The summed E-state index contributed by atoms with van der Waals surface area (Å²) in [4.78, 5) is 25.2. The molecule has 126 valence electrons. The Morgan fingerprint density at radius 2 is 1.75 bits per heavy atom. The van der Waals surface area contributed by atoms with E-state index in [-0.39, 0.29) is 17.8 Å². The van der Waals surface area contributed by atoms with Crippen molar-refractivity contribution in [1.82, 2.24) is 10.2 Å². The molecule has 0 aliphatic carbocycles. The summed E-state index contributed by atoms with van der Waals surface area (Å²) < 4.78 is 13.4. The predicted octanol–water partition coefficient (Wildman–Crippen LogP) is 1.96. The van der Waals surface area contributed by atoms with Crippen LogP contribution >= 0.6 is 0 Å². The maximum absolute atomic E-state index is 13.4. The van der Waals surface area contributed by atoms with Crippen LogP contribution in [0, 0.1) is 5.82 Å². The fourth-order valence-corrected chi connectivity index (χ4v) is 2.39. The first-order chi connectivity index (χ1) is 11.4. The quantitative estimate of drug-likeness (QED) is 0.851. The molecule has 0 radical (unpaired) electrons. The molecule has 2 aromatic rings. The molecule has 2 aromatic carbocycles. The Hall–Kier alpha value is -2.73. The van der Waals surface area contributed by atoms with E-state index in [4.69, 9.17) is 5.73 Å². The number of carbonyl (C=O) groups excluding carboxylic acids is 2. The minimum Gasteiger partial charge on any atom is -0.366 e. The number of benzene rings is 2. The van der Waals surface area contributed by atoms with Gasteiger partial charge in [-0.05, 0) is 56.1 Å². The van der Waals surface area contributed by atoms with Gasteiger partial charge in [0.25, 0.3) is 5.91 Å². The second-order valence-electron chi connectivity index (χ2n) is 5.69. The fourth-order valence-electron chi connectivity index (χ4n) is 2.39. The second kappa shape index (κ2) is 7.70. The Bertz CT molecular complexity index is 729. The van der Waals surface area contributed by atoms with E-state index >= 15 is 0 Å². The smallest absolute Gasteiger partial charge is 0.251 e. The summed E-state index contributed by atoms with van der Waals surface area (Å²) in [6.45, 7) is 0.326. The lowest BCUT2D eigenvalue weighted by Gasteiger charge is -2.25. The average Bonchev–Trinajstić information content (AvgIpc) is 2.54. The summed E-state index contributed by atoms with van der Waals surface area (Å²) in [5.41, 5.74) is 6.73. The Labute approximate surface area is 140 Å². The number of nitrogens with one attached hydrogen (secondary N) is 1. The van der Waals surface area contributed by atoms with Gasteiger partial charge in [0.15, 0.2) is 0 Å². The number of nitrogens with zero attached hydrogens (tertiary/aromatic N) is 1. The summed E-state index contributed by atoms with van der Waals surface area (Å²) in [6, 6.07) is 12.3. The molecular formula is C18H20FN3O2. The molecular weight excluding hydrogens is 309 g/mol. The number of carbonyl (C=O) groups is 2. The molecule has 0 spiro atoms. The van der Waals surface area contributed by atoms with E-state index in [9.17, 15) is 14.0 Å². The summed E-state index contributed by atoms with van der Waals surface area (Å²) in [5.74, 6) is -1.12. The number of primary amides is 1. The summed E-state index contributed by atoms with van der Waals surface area (Å²) in [6.07, 6.45) is 0. The van der Waals surface area contributed by atoms with Crippen molar-refractivity contribution in [1.29, 1.82) is 0 Å². The van der Waals surface area contributed by atoms with Crippen LogP contribution < -0.4 is 11.1 Å². The summed E-state index contributed by atoms with van der Waals surface area (Å²) in [5, 5.41) is 2.83. The molecule has 0 unspecified atom stereocenters. The van der Waals surface area contributed by atoms with Gasteiger partial charge in [0.05, 0.1) is 6.04 Å². The molecule has 0 heterocycles. The molecule has 0 saturated carbocycles. The first-order valence-corrected chi connectivity index (χ1v) is 7.48. The van der Waals surface area contributed by atoms with E-state index in [0.717, 1.165) is 5.56 Å². The van der Waals surface area contributed by atoms with Gasteiger partial charge in [-0.1, -0.05) is 12.1 Å². The monoisotopic (exact) mass is 329 g/mol. The van der Waals surface area contributed by atoms with Gasteiger partial charge in [-0.15, -0.1) is 0 Å². The van der Waals surface area contributed by atoms with E-state index in [1.54, 1.807) is 18.2 Å². The zero-order valence-electron chi connectivity index (χ0n) is 13.6. The fraction of sp³-hybridized carbons (Fsp3) is 0.222. The number of likely N-dealkylation sites (N-methyl/N-ethyl adjacent to an activating group) is 1. The Kier molecular flexibility index (Phi) is 5.65. The number of rotatable bonds is 6. The average molecular weight is 329 g/mol. The van der Waals surface area contributed by atoms with Crippen molar-refractivity contribution in [3.63, 3.8) is 0 Å². The zero-order valence-corrected chi connectivity index (χ0v) is 13.6. The molecule has 5 nitrogen and oxygen atoms in total. The first kappa shape index (κ1) is 17.6. The highest BCUT2D eigenvalue weighted by Gasteiger charge is 2.16. The Morgan fingerprint density at radius 1 is 1.12 bits per heavy atom. The van der Waals surface area contributed by atoms with Gasteiger partial charge in [0.1, 0.15) is 5.82 Å². The van der Waals surface area contributed by atoms with E-state index < -0.39 is 5.91 Å². The lowest BCUT2D eigenvalue weighted by atomic mass is 10.1. The maximum Gasteiger partial charge on any atom is 0.251 e. The van der Waals surface area contributed by atoms with E-state index in [1.165, 1.54) is 24.3 Å². The van der Waals surface area contributed by atoms with Crippen molar-refractivity contribution in [3.05, 3.63) is 71.0 Å². The maximum atomic E-state index is 13.4. The van der Waals surface area contributed by atoms with E-state index in [1.807, 2.05) is 25.1 Å². The molecule has 1 atom stereocenters. The lowest BCUT2D eigenvalue weighted by molar-refractivity contribution is 0.0939. The summed E-state index contributed by atoms with van der Waals surface area (Å²) >= 11 is 0. The van der Waals surface area contributed by atoms with Gasteiger partial charge in [-0.3, -0.25) is 9.59 Å². The van der Waals surface area contributed by atoms with Crippen LogP contribution in [0.2, 0.25) is 0 Å². The van der Waals surface area contributed by atoms with Crippen LogP contribution in [-0.4, -0.2) is 37.4 Å². The molecule has 2 rings (SSSR count). The van der Waals surface area contributed by atoms with Crippen LogP contribution in [0.5, 0.6) is 0 Å². The van der Waals surface area contributed by atoms with E-state index in [0.29, 0.717) is 17.7 Å². The second-order valence-corrected chi connectivity index (χ2v) is 5.69. The van der Waals surface area contributed by atoms with Gasteiger partial charge in [-0.2, -0.15) is 0 Å². The Morgan fingerprint density at radius 3 is 2.29 bits per heavy atom. The van der Waals surface area contributed by atoms with Crippen molar-refractivity contribution < 1.29 is 14.0 Å². The highest BCUT2D eigenvalue weighted by molar-refractivity contribution is 5.97. The standard InChI is InChI=1S/C18H20FN3O2/c1-22(2)16(14-4-3-5-15(19)10-14)11-21-18(24)13-8-6-12(7-9-13)17(20)23/h3-10,16H,11H2,1-2H3,(H2,20,23)(H,21,24)/t16-/m1/s1. The number of amides is 2. The predicted molar refractivity (Wildman–Crippen MR) is 90.1 cm³/mol. The molecule has 3 N–H and O–H groups in total. The topological polar surface area (TPSA) is 75.4 Å². The van der Waals surface area contributed by atoms with Crippen molar-refractivity contribution in [3.8, 4) is 0 Å². The van der Waals surface area contributed by atoms with Gasteiger partial charge in [-0.25, -0.2) is 4.39 Å². The minimum atomic E-state index is -0.541. The minimum absolute atomic E-state index is 0.158. The van der Waals surface area contributed by atoms with Crippen LogP contribution in [0.25, 0.3) is 0 Å². The highest BCUT2D eigenvalue weighted by Crippen LogP contribution is 2.18. The molecule has 6 heteroatoms. The van der Waals surface area contributed by atoms with Crippen LogP contribution in [-0.2, 0) is 0 Å². The Balaban J connectivity index is 2.06. The third-order valence-corrected chi connectivity index (χ3v) is 3.74. The van der Waals surface area contributed by atoms with Crippen molar-refractivity contribution >= 4 is 11.8 Å². The number of halogens is 1. The van der Waals surface area contributed by atoms with Crippen LogP contribution in [0.4, 0.5) is 4.39 Å². The number of hydrogen-bond donors (Lipinski definition) is 2. The lowest BCUT2D eigenvalue weighted by Crippen LogP contribution is -2.34. The number of hydrogen-bond acceptors (Lipinski definition) is 3. The molecule has 2 amide bonds. The molecule has 0 aliphatic rings. The van der Waals surface area contributed by atoms with Crippen LogP contribution in [0.1, 0.15) is 32.3 Å². The SMILES string of the molecule is CN(C)[C@H](CNC(=O)c1ccc(C(N)=O)cc1)c1cccc(F)c1. The van der Waals surface area contributed by atoms with Gasteiger partial charge < -0.3 is 16.0 Å². The zero-order chi connectivity index (χ0) is 17.7. The van der Waals surface area contributed by atoms with Crippen molar-refractivity contribution in [2.75, 3.05) is 20.6 Å². The molecule has 0 aliphatic heterocycles. The van der Waals surface area contributed by atoms with Gasteiger partial charge in [0.2, 0.25) is 5.91 Å². The van der Waals surface area contributed by atoms with Crippen molar-refractivity contribution in [2.24, 2.45) is 5.73 Å². The largest absolute Gasteiger partial charge is 0.366 e. The third-order valence-electron chi connectivity index (χ3n) is 3.74. The first-order valence-electron chi connectivity index (χ1n) is 7.48. The van der Waals surface area contributed by atoms with Crippen LogP contribution in [0.15, 0.2) is 48.5 Å². The third kappa shape index (κ3) is 4.39. The molecule has 0 fully saturated rings. The number of nitrogens with two attached hydrogens (primary N) is 1.